The average molecular weight is 396 g/mol. The molecule has 3 N–H and O–H groups in total. The smallest absolute Gasteiger partial charge is 0.212 e. The van der Waals surface area contributed by atoms with E-state index in [-0.39, 0.29) is 5.75 Å². The molecule has 0 saturated heterocycles. The highest BCUT2D eigenvalue weighted by Gasteiger charge is 2.20. The number of fused-ring (bicyclic) bond motifs is 1. The fraction of sp³-hybridized carbons (Fsp3) is 0.250. The lowest BCUT2D eigenvalue weighted by Crippen LogP contribution is -2.27. The summed E-state index contributed by atoms with van der Waals surface area (Å²) in [5, 5.41) is 15.5. The zero-order chi connectivity index (χ0) is 19.5. The lowest BCUT2D eigenvalue weighted by atomic mass is 9.92. The fourth-order valence-corrected chi connectivity index (χ4v) is 3.76. The number of anilines is 2. The molecule has 1 amide bonds. The van der Waals surface area contributed by atoms with Gasteiger partial charge in [-0.3, -0.25) is 4.79 Å². The van der Waals surface area contributed by atoms with Gasteiger partial charge in [0.2, 0.25) is 6.41 Å². The third kappa shape index (κ3) is 3.88. The van der Waals surface area contributed by atoms with E-state index in [9.17, 15) is 9.00 Å². The predicted molar refractivity (Wildman–Crippen MR) is 110 cm³/mol. The van der Waals surface area contributed by atoms with Gasteiger partial charge >= 0.3 is 0 Å². The molecule has 1 fully saturated rings. The third-order valence-electron chi connectivity index (χ3n) is 4.99. The summed E-state index contributed by atoms with van der Waals surface area (Å²) >= 11 is -1.85. The summed E-state index contributed by atoms with van der Waals surface area (Å²) in [7, 11) is 0. The molecule has 0 bridgehead atoms. The van der Waals surface area contributed by atoms with Gasteiger partial charge in [-0.15, -0.1) is 10.2 Å². The minimum absolute atomic E-state index is 0.117. The van der Waals surface area contributed by atoms with E-state index < -0.39 is 11.1 Å². The number of amides is 1. The number of benzene rings is 2. The normalized spacial score (nSPS) is 15.0. The topological polar surface area (TPSA) is 104 Å². The molecule has 144 valence electrons. The maximum absolute atomic E-state index is 10.9. The van der Waals surface area contributed by atoms with E-state index in [0.717, 1.165) is 46.1 Å². The quantitative estimate of drug-likeness (QED) is 0.417. The second kappa shape index (κ2) is 8.04. The van der Waals surface area contributed by atoms with Crippen molar-refractivity contribution >= 4 is 39.9 Å². The summed E-state index contributed by atoms with van der Waals surface area (Å²) < 4.78 is 19.9. The summed E-state index contributed by atoms with van der Waals surface area (Å²) in [4.78, 5) is 10.9. The Kier molecular flexibility index (Phi) is 5.31. The van der Waals surface area contributed by atoms with Crippen LogP contribution in [0.5, 0.6) is 0 Å². The molecule has 1 saturated carbocycles. The number of nitrogens with zero attached hydrogens (tertiary/aromatic N) is 2. The molecule has 1 aliphatic carbocycles. The van der Waals surface area contributed by atoms with E-state index in [1.807, 2.05) is 42.5 Å². The largest absolute Gasteiger partial charge is 0.379 e. The number of hydrogen-bond donors (Lipinski definition) is 3. The molecule has 1 atom stereocenters. The second-order valence-corrected chi connectivity index (χ2v) is 7.78. The summed E-state index contributed by atoms with van der Waals surface area (Å²) in [5.41, 5.74) is 4.30. The van der Waals surface area contributed by atoms with Crippen molar-refractivity contribution in [3.63, 3.8) is 0 Å². The Morgan fingerprint density at radius 2 is 1.86 bits per heavy atom. The Morgan fingerprint density at radius 1 is 1.11 bits per heavy atom. The first-order valence-electron chi connectivity index (χ1n) is 9.08. The highest BCUT2D eigenvalue weighted by molar-refractivity contribution is 7.78. The summed E-state index contributed by atoms with van der Waals surface area (Å²) in [5.74, 6) is 0.551. The first-order valence-corrected chi connectivity index (χ1v) is 10.4. The van der Waals surface area contributed by atoms with Crippen LogP contribution in [0.4, 0.5) is 11.5 Å². The van der Waals surface area contributed by atoms with Gasteiger partial charge in [-0.05, 0) is 48.1 Å². The Bertz CT molecular complexity index is 1040. The molecule has 0 aliphatic heterocycles. The van der Waals surface area contributed by atoms with Crippen molar-refractivity contribution in [2.45, 2.75) is 31.1 Å². The lowest BCUT2D eigenvalue weighted by molar-refractivity contribution is -0.105. The van der Waals surface area contributed by atoms with E-state index in [1.165, 1.54) is 6.42 Å². The maximum atomic E-state index is 10.9. The predicted octanol–water partition coefficient (Wildman–Crippen LogP) is 3.55. The van der Waals surface area contributed by atoms with Crippen LogP contribution in [0.3, 0.4) is 0 Å². The van der Waals surface area contributed by atoms with Crippen molar-refractivity contribution < 1.29 is 13.6 Å². The molecule has 1 aromatic heterocycles. The molecule has 1 heterocycles. The van der Waals surface area contributed by atoms with E-state index in [1.54, 1.807) is 0 Å². The molecule has 1 unspecified atom stereocenters. The third-order valence-corrected chi connectivity index (χ3v) is 5.57. The Hall–Kier alpha value is -2.84. The SMILES string of the molecule is O=CNc1nnc2cc(-c3ccc(CS(=O)O)cc3)ccc2c1NC1CCC1. The summed E-state index contributed by atoms with van der Waals surface area (Å²) in [6, 6.07) is 13.9. The lowest BCUT2D eigenvalue weighted by Gasteiger charge is -2.28. The molecule has 2 aromatic carbocycles. The van der Waals surface area contributed by atoms with Crippen LogP contribution in [0.1, 0.15) is 24.8 Å². The molecule has 0 spiro atoms. The van der Waals surface area contributed by atoms with Crippen LogP contribution >= 0.6 is 0 Å². The van der Waals surface area contributed by atoms with Crippen molar-refractivity contribution in [1.82, 2.24) is 10.2 Å². The zero-order valence-electron chi connectivity index (χ0n) is 15.1. The molecular weight excluding hydrogens is 376 g/mol. The molecule has 3 aromatic rings. The van der Waals surface area contributed by atoms with Gasteiger partial charge in [0.15, 0.2) is 16.9 Å². The van der Waals surface area contributed by atoms with E-state index in [2.05, 4.69) is 20.8 Å². The number of rotatable bonds is 7. The number of nitrogens with one attached hydrogen (secondary N) is 2. The molecular formula is C20H20N4O3S. The zero-order valence-corrected chi connectivity index (χ0v) is 15.9. The Labute approximate surface area is 164 Å². The van der Waals surface area contributed by atoms with Crippen LogP contribution in [0.25, 0.3) is 22.0 Å². The maximum Gasteiger partial charge on any atom is 0.212 e. The van der Waals surface area contributed by atoms with E-state index in [4.69, 9.17) is 4.55 Å². The van der Waals surface area contributed by atoms with Gasteiger partial charge in [0, 0.05) is 11.4 Å². The fourth-order valence-electron chi connectivity index (χ4n) is 3.28. The van der Waals surface area contributed by atoms with Gasteiger partial charge < -0.3 is 15.2 Å². The van der Waals surface area contributed by atoms with Crippen LogP contribution in [-0.4, -0.2) is 31.4 Å². The minimum atomic E-state index is -1.85. The van der Waals surface area contributed by atoms with Crippen LogP contribution in [0, 0.1) is 0 Å². The Morgan fingerprint density at radius 3 is 2.50 bits per heavy atom. The standard InChI is InChI=1S/C20H20N4O3S/c25-12-21-20-19(22-16-2-1-3-16)17-9-8-15(10-18(17)23-24-20)14-6-4-13(5-7-14)11-28(26)27/h4-10,12,16H,1-3,11H2,(H,22,23)(H,26,27)(H,21,24,25). The number of carbonyl (C=O) groups excluding carboxylic acids is 1. The highest BCUT2D eigenvalue weighted by atomic mass is 32.2. The van der Waals surface area contributed by atoms with Crippen molar-refractivity contribution in [2.75, 3.05) is 10.6 Å². The van der Waals surface area contributed by atoms with Crippen molar-refractivity contribution in [3.8, 4) is 11.1 Å². The van der Waals surface area contributed by atoms with Crippen LogP contribution in [-0.2, 0) is 21.6 Å². The Balaban J connectivity index is 1.69. The first kappa shape index (κ1) is 18.5. The van der Waals surface area contributed by atoms with Crippen molar-refractivity contribution in [1.29, 1.82) is 0 Å². The number of carbonyl (C=O) groups is 1. The van der Waals surface area contributed by atoms with Crippen LogP contribution < -0.4 is 10.6 Å². The van der Waals surface area contributed by atoms with Crippen LogP contribution in [0.15, 0.2) is 42.5 Å². The summed E-state index contributed by atoms with van der Waals surface area (Å²) in [6.45, 7) is 0. The van der Waals surface area contributed by atoms with Gasteiger partial charge in [-0.25, -0.2) is 4.21 Å². The van der Waals surface area contributed by atoms with E-state index >= 15 is 0 Å². The van der Waals surface area contributed by atoms with Crippen molar-refractivity contribution in [2.24, 2.45) is 0 Å². The van der Waals surface area contributed by atoms with Crippen molar-refractivity contribution in [3.05, 3.63) is 48.0 Å². The molecule has 1 aliphatic rings. The van der Waals surface area contributed by atoms with Gasteiger partial charge in [0.25, 0.3) is 0 Å². The van der Waals surface area contributed by atoms with Gasteiger partial charge in [-0.1, -0.05) is 30.3 Å². The van der Waals surface area contributed by atoms with Gasteiger partial charge in [0.05, 0.1) is 17.0 Å². The summed E-state index contributed by atoms with van der Waals surface area (Å²) in [6.07, 6.45) is 4.02. The van der Waals surface area contributed by atoms with Crippen LogP contribution in [0.2, 0.25) is 0 Å². The minimum Gasteiger partial charge on any atom is -0.379 e. The van der Waals surface area contributed by atoms with Gasteiger partial charge in [-0.2, -0.15) is 0 Å². The molecule has 0 radical (unpaired) electrons. The molecule has 7 nitrogen and oxygen atoms in total. The molecule has 4 rings (SSSR count). The van der Waals surface area contributed by atoms with Gasteiger partial charge in [0.1, 0.15) is 0 Å². The first-order chi connectivity index (χ1) is 13.6. The highest BCUT2D eigenvalue weighted by Crippen LogP contribution is 2.34. The number of aromatic nitrogens is 2. The van der Waals surface area contributed by atoms with E-state index in [0.29, 0.717) is 18.3 Å². The number of hydrogen-bond acceptors (Lipinski definition) is 5. The monoisotopic (exact) mass is 396 g/mol. The average Bonchev–Trinajstić information content (AvgIpc) is 2.65. The molecule has 28 heavy (non-hydrogen) atoms. The second-order valence-electron chi connectivity index (χ2n) is 6.85. The molecule has 8 heteroatoms.